The number of methoxy groups -OCH3 is 1. The van der Waals surface area contributed by atoms with Gasteiger partial charge in [-0.05, 0) is 36.8 Å². The van der Waals surface area contributed by atoms with Gasteiger partial charge in [0.05, 0.1) is 19.0 Å². The summed E-state index contributed by atoms with van der Waals surface area (Å²) in [5.41, 5.74) is 4.26. The minimum absolute atomic E-state index is 0.00772. The van der Waals surface area contributed by atoms with E-state index in [2.05, 4.69) is 41.6 Å². The lowest BCUT2D eigenvalue weighted by Crippen LogP contribution is -2.24. The van der Waals surface area contributed by atoms with Crippen molar-refractivity contribution in [2.45, 2.75) is 19.3 Å². The van der Waals surface area contributed by atoms with Crippen LogP contribution in [0.3, 0.4) is 0 Å². The molecule has 4 rings (SSSR count). The fraction of sp³-hybridized carbons (Fsp3) is 0.200. The van der Waals surface area contributed by atoms with Crippen molar-refractivity contribution in [1.29, 1.82) is 0 Å². The van der Waals surface area contributed by atoms with Crippen molar-refractivity contribution >= 4 is 11.7 Å². The quantitative estimate of drug-likeness (QED) is 0.796. The first-order valence-electron chi connectivity index (χ1n) is 8.24. The van der Waals surface area contributed by atoms with Gasteiger partial charge in [0.2, 0.25) is 5.91 Å². The molecule has 5 heteroatoms. The Balaban J connectivity index is 1.76. The third kappa shape index (κ3) is 2.78. The monoisotopic (exact) mass is 333 g/mol. The molecule has 1 amide bonds. The van der Waals surface area contributed by atoms with Crippen LogP contribution in [0.15, 0.2) is 54.7 Å². The summed E-state index contributed by atoms with van der Waals surface area (Å²) < 4.78 is 6.97. The van der Waals surface area contributed by atoms with Crippen LogP contribution in [0.25, 0.3) is 5.69 Å². The largest absolute Gasteiger partial charge is 0.497 e. The highest BCUT2D eigenvalue weighted by atomic mass is 16.5. The molecule has 1 aliphatic rings. The highest BCUT2D eigenvalue weighted by molar-refractivity contribution is 5.94. The third-order valence-electron chi connectivity index (χ3n) is 4.62. The number of amides is 1. The smallest absolute Gasteiger partial charge is 0.226 e. The van der Waals surface area contributed by atoms with E-state index in [0.717, 1.165) is 28.4 Å². The number of hydrogen-bond donors (Lipinski definition) is 1. The molecule has 0 saturated heterocycles. The Morgan fingerprint density at radius 1 is 1.12 bits per heavy atom. The number of ether oxygens (including phenoxy) is 1. The Labute approximate surface area is 146 Å². The van der Waals surface area contributed by atoms with Crippen LogP contribution in [0.1, 0.15) is 29.0 Å². The number of aryl methyl sites for hydroxylation is 1. The van der Waals surface area contributed by atoms with Crippen molar-refractivity contribution in [2.75, 3.05) is 12.4 Å². The van der Waals surface area contributed by atoms with Gasteiger partial charge in [-0.3, -0.25) is 4.79 Å². The second-order valence-corrected chi connectivity index (χ2v) is 6.27. The zero-order chi connectivity index (χ0) is 17.4. The number of aromatic nitrogens is 2. The fourth-order valence-corrected chi connectivity index (χ4v) is 3.24. The number of carbonyl (C=O) groups excluding carboxylic acids is 1. The number of rotatable bonds is 3. The van der Waals surface area contributed by atoms with E-state index in [-0.39, 0.29) is 11.8 Å². The van der Waals surface area contributed by atoms with Gasteiger partial charge >= 0.3 is 0 Å². The number of carbonyl (C=O) groups is 1. The van der Waals surface area contributed by atoms with Crippen LogP contribution in [0.2, 0.25) is 0 Å². The normalized spacial score (nSPS) is 16.2. The van der Waals surface area contributed by atoms with Crippen molar-refractivity contribution in [1.82, 2.24) is 9.78 Å². The maximum atomic E-state index is 12.3. The average molecular weight is 333 g/mol. The number of fused-ring (bicyclic) bond motifs is 1. The lowest BCUT2D eigenvalue weighted by atomic mass is 9.87. The standard InChI is InChI=1S/C20H19N3O2/c1-13-3-5-14(6-4-13)17-11-19(24)22-20-18(17)12-21-23(20)15-7-9-16(25-2)10-8-15/h3-10,12,17H,11H2,1-2H3,(H,22,24). The van der Waals surface area contributed by atoms with Crippen molar-refractivity contribution in [2.24, 2.45) is 0 Å². The first-order chi connectivity index (χ1) is 12.2. The average Bonchev–Trinajstić information content (AvgIpc) is 3.05. The van der Waals surface area contributed by atoms with Gasteiger partial charge in [-0.25, -0.2) is 4.68 Å². The summed E-state index contributed by atoms with van der Waals surface area (Å²) in [5.74, 6) is 1.56. The van der Waals surface area contributed by atoms with Gasteiger partial charge in [0, 0.05) is 17.9 Å². The molecule has 2 aromatic carbocycles. The zero-order valence-electron chi connectivity index (χ0n) is 14.2. The molecule has 1 aliphatic heterocycles. The molecule has 5 nitrogen and oxygen atoms in total. The van der Waals surface area contributed by atoms with Crippen molar-refractivity contribution in [3.63, 3.8) is 0 Å². The molecular formula is C20H19N3O2. The van der Waals surface area contributed by atoms with Gasteiger partial charge < -0.3 is 10.1 Å². The highest BCUT2D eigenvalue weighted by Gasteiger charge is 2.30. The number of nitrogens with zero attached hydrogens (tertiary/aromatic N) is 2. The second kappa shape index (κ2) is 6.09. The van der Waals surface area contributed by atoms with Crippen LogP contribution in [0.5, 0.6) is 5.75 Å². The molecule has 1 N–H and O–H groups in total. The summed E-state index contributed by atoms with van der Waals surface area (Å²) in [6.07, 6.45) is 2.29. The van der Waals surface area contributed by atoms with E-state index in [0.29, 0.717) is 6.42 Å². The van der Waals surface area contributed by atoms with Gasteiger partial charge in [0.15, 0.2) is 0 Å². The van der Waals surface area contributed by atoms with Gasteiger partial charge in [-0.15, -0.1) is 0 Å². The van der Waals surface area contributed by atoms with Gasteiger partial charge in [-0.2, -0.15) is 5.10 Å². The highest BCUT2D eigenvalue weighted by Crippen LogP contribution is 2.38. The Hall–Kier alpha value is -3.08. The molecule has 1 unspecified atom stereocenters. The summed E-state index contributed by atoms with van der Waals surface area (Å²) in [7, 11) is 1.64. The predicted octanol–water partition coefficient (Wildman–Crippen LogP) is 3.66. The Kier molecular flexibility index (Phi) is 3.76. The van der Waals surface area contributed by atoms with E-state index in [9.17, 15) is 4.79 Å². The topological polar surface area (TPSA) is 56.1 Å². The van der Waals surface area contributed by atoms with Gasteiger partial charge in [0.1, 0.15) is 11.6 Å². The Morgan fingerprint density at radius 2 is 1.84 bits per heavy atom. The van der Waals surface area contributed by atoms with E-state index in [1.165, 1.54) is 5.56 Å². The molecule has 1 atom stereocenters. The first kappa shape index (κ1) is 15.4. The minimum atomic E-state index is 0.00772. The van der Waals surface area contributed by atoms with E-state index in [1.807, 2.05) is 30.5 Å². The SMILES string of the molecule is COc1ccc(-n2ncc3c2NC(=O)CC3c2ccc(C)cc2)cc1. The van der Waals surface area contributed by atoms with E-state index in [1.54, 1.807) is 11.8 Å². The lowest BCUT2D eigenvalue weighted by Gasteiger charge is -2.24. The van der Waals surface area contributed by atoms with Crippen LogP contribution in [0, 0.1) is 6.92 Å². The summed E-state index contributed by atoms with van der Waals surface area (Å²) in [4.78, 5) is 12.3. The lowest BCUT2D eigenvalue weighted by molar-refractivity contribution is -0.116. The molecule has 126 valence electrons. The summed E-state index contributed by atoms with van der Waals surface area (Å²) in [6, 6.07) is 15.9. The van der Waals surface area contributed by atoms with Crippen molar-refractivity contribution < 1.29 is 9.53 Å². The molecule has 0 radical (unpaired) electrons. The molecule has 0 spiro atoms. The van der Waals surface area contributed by atoms with Crippen molar-refractivity contribution in [3.05, 3.63) is 71.4 Å². The summed E-state index contributed by atoms with van der Waals surface area (Å²) in [5, 5.41) is 7.49. The maximum Gasteiger partial charge on any atom is 0.226 e. The maximum absolute atomic E-state index is 12.3. The van der Waals surface area contributed by atoms with Crippen LogP contribution in [-0.2, 0) is 4.79 Å². The predicted molar refractivity (Wildman–Crippen MR) is 96.4 cm³/mol. The summed E-state index contributed by atoms with van der Waals surface area (Å²) >= 11 is 0. The Bertz CT molecular complexity index is 911. The number of hydrogen-bond acceptors (Lipinski definition) is 3. The zero-order valence-corrected chi connectivity index (χ0v) is 14.2. The molecule has 0 bridgehead atoms. The van der Waals surface area contributed by atoms with Crippen LogP contribution in [0.4, 0.5) is 5.82 Å². The van der Waals surface area contributed by atoms with Crippen LogP contribution >= 0.6 is 0 Å². The summed E-state index contributed by atoms with van der Waals surface area (Å²) in [6.45, 7) is 2.06. The minimum Gasteiger partial charge on any atom is -0.497 e. The molecule has 2 heterocycles. The number of anilines is 1. The van der Waals surface area contributed by atoms with Crippen LogP contribution < -0.4 is 10.1 Å². The fourth-order valence-electron chi connectivity index (χ4n) is 3.24. The molecule has 0 saturated carbocycles. The number of benzene rings is 2. The molecular weight excluding hydrogens is 314 g/mol. The molecule has 0 fully saturated rings. The van der Waals surface area contributed by atoms with E-state index in [4.69, 9.17) is 4.74 Å². The molecule has 0 aliphatic carbocycles. The third-order valence-corrected chi connectivity index (χ3v) is 4.62. The van der Waals surface area contributed by atoms with Crippen LogP contribution in [-0.4, -0.2) is 22.8 Å². The second-order valence-electron chi connectivity index (χ2n) is 6.27. The molecule has 1 aromatic heterocycles. The Morgan fingerprint density at radius 3 is 2.52 bits per heavy atom. The number of nitrogens with one attached hydrogen (secondary N) is 1. The van der Waals surface area contributed by atoms with Gasteiger partial charge in [-0.1, -0.05) is 29.8 Å². The molecule has 25 heavy (non-hydrogen) atoms. The van der Waals surface area contributed by atoms with Crippen molar-refractivity contribution in [3.8, 4) is 11.4 Å². The molecule has 3 aromatic rings. The van der Waals surface area contributed by atoms with E-state index >= 15 is 0 Å². The van der Waals surface area contributed by atoms with E-state index < -0.39 is 0 Å². The van der Waals surface area contributed by atoms with Gasteiger partial charge in [0.25, 0.3) is 0 Å². The first-order valence-corrected chi connectivity index (χ1v) is 8.24.